The molecule has 0 N–H and O–H groups in total. The lowest BCUT2D eigenvalue weighted by Gasteiger charge is -2.27. The van der Waals surface area contributed by atoms with Gasteiger partial charge in [0.05, 0.1) is 83.7 Å². The molecular formula is C78H44N6S. The molecule has 0 bridgehead atoms. The van der Waals surface area contributed by atoms with Crippen LogP contribution in [0.3, 0.4) is 0 Å². The van der Waals surface area contributed by atoms with Crippen LogP contribution in [-0.2, 0) is 0 Å². The zero-order valence-corrected chi connectivity index (χ0v) is 46.3. The molecule has 6 nitrogen and oxygen atoms in total. The van der Waals surface area contributed by atoms with Crippen molar-refractivity contribution in [3.05, 3.63) is 284 Å². The largest absolute Gasteiger partial charge is 0.318 e. The predicted molar refractivity (Wildman–Crippen MR) is 356 cm³/mol. The van der Waals surface area contributed by atoms with Crippen molar-refractivity contribution in [1.29, 1.82) is 5.26 Å². The van der Waals surface area contributed by atoms with E-state index in [1.165, 1.54) is 20.9 Å². The molecule has 0 aliphatic heterocycles. The van der Waals surface area contributed by atoms with E-state index in [-0.39, 0.29) is 0 Å². The summed E-state index contributed by atoms with van der Waals surface area (Å²) < 4.78 is 11.6. The van der Waals surface area contributed by atoms with E-state index in [9.17, 15) is 11.8 Å². The van der Waals surface area contributed by atoms with Crippen LogP contribution in [-0.4, -0.2) is 18.3 Å². The Morgan fingerprint density at radius 3 is 1.32 bits per heavy atom. The molecule has 5 aromatic heterocycles. The van der Waals surface area contributed by atoms with Crippen molar-refractivity contribution in [2.45, 2.75) is 0 Å². The number of hydrogen-bond acceptors (Lipinski definition) is 2. The Labute approximate surface area is 490 Å². The summed E-state index contributed by atoms with van der Waals surface area (Å²) in [5.74, 6) is 0. The fourth-order valence-corrected chi connectivity index (χ4v) is 15.6. The summed E-state index contributed by atoms with van der Waals surface area (Å²) in [6, 6.07) is 98.3. The highest BCUT2D eigenvalue weighted by Gasteiger charge is 2.35. The van der Waals surface area contributed by atoms with E-state index < -0.39 is 0 Å². The van der Waals surface area contributed by atoms with Gasteiger partial charge < -0.3 is 18.3 Å². The highest BCUT2D eigenvalue weighted by Crippen LogP contribution is 2.54. The Bertz CT molecular complexity index is 5710. The van der Waals surface area contributed by atoms with Gasteiger partial charge in [-0.25, -0.2) is 4.85 Å². The van der Waals surface area contributed by atoms with Crippen molar-refractivity contribution in [2.24, 2.45) is 0 Å². The number of hydrogen-bond donors (Lipinski definition) is 0. The quantitative estimate of drug-likeness (QED) is 0.153. The summed E-state index contributed by atoms with van der Waals surface area (Å²) >= 11 is 1.79. The fraction of sp³-hybridized carbons (Fsp3) is 0. The van der Waals surface area contributed by atoms with Gasteiger partial charge in [-0.05, 0) is 81.6 Å². The van der Waals surface area contributed by atoms with E-state index >= 15 is 0 Å². The van der Waals surface area contributed by atoms with Crippen molar-refractivity contribution in [1.82, 2.24) is 18.3 Å². The average Bonchev–Trinajstić information content (AvgIpc) is 1.80. The van der Waals surface area contributed by atoms with E-state index in [2.05, 4.69) is 291 Å². The molecule has 7 heteroatoms. The minimum atomic E-state index is 0.352. The van der Waals surface area contributed by atoms with Crippen molar-refractivity contribution < 1.29 is 0 Å². The van der Waals surface area contributed by atoms with E-state index in [4.69, 9.17) is 4.85 Å². The first-order valence-electron chi connectivity index (χ1n) is 28.6. The number of aromatic nitrogens is 4. The van der Waals surface area contributed by atoms with Gasteiger partial charge in [0.15, 0.2) is 0 Å². The fourth-order valence-electron chi connectivity index (χ4n) is 14.4. The van der Waals surface area contributed by atoms with Crippen molar-refractivity contribution in [3.63, 3.8) is 0 Å². The maximum Gasteiger partial charge on any atom is 0.237 e. The lowest BCUT2D eigenvalue weighted by atomic mass is 9.91. The van der Waals surface area contributed by atoms with Crippen LogP contribution >= 0.6 is 11.3 Å². The molecule has 0 aliphatic carbocycles. The Morgan fingerprint density at radius 1 is 0.329 bits per heavy atom. The maximum atomic E-state index is 12.8. The Hall–Kier alpha value is -11.5. The van der Waals surface area contributed by atoms with E-state index in [0.717, 1.165) is 125 Å². The predicted octanol–water partition coefficient (Wildman–Crippen LogP) is 21.4. The van der Waals surface area contributed by atoms with Crippen LogP contribution in [0.4, 0.5) is 5.69 Å². The normalized spacial score (nSPS) is 12.0. The van der Waals surface area contributed by atoms with Gasteiger partial charge in [0.25, 0.3) is 0 Å². The second kappa shape index (κ2) is 18.0. The number of para-hydroxylation sites is 6. The Kier molecular flexibility index (Phi) is 10.00. The van der Waals surface area contributed by atoms with Crippen LogP contribution in [0.25, 0.3) is 168 Å². The first-order valence-corrected chi connectivity index (χ1v) is 29.4. The van der Waals surface area contributed by atoms with E-state index in [1.54, 1.807) is 11.3 Å². The maximum absolute atomic E-state index is 12.8. The highest BCUT2D eigenvalue weighted by molar-refractivity contribution is 7.26. The molecule has 18 rings (SSSR count). The zero-order chi connectivity index (χ0) is 56.0. The van der Waals surface area contributed by atoms with Gasteiger partial charge in [0.2, 0.25) is 5.69 Å². The van der Waals surface area contributed by atoms with Gasteiger partial charge >= 0.3 is 0 Å². The minimum Gasteiger partial charge on any atom is -0.318 e. The van der Waals surface area contributed by atoms with Crippen molar-refractivity contribution in [2.75, 3.05) is 0 Å². The number of rotatable bonds is 6. The SMILES string of the molecule is [C-]#[N+]c1c(-n2c3ccccc3c3ccccc32)c(C#N)c(-n2c3ccccc3c3ccccc32)c(-n2c3cc(-c4ccccc4-c4cccc5ccccc45)ccc3c3ccc4c5ccccc5sc4c32)c1-n1c2ccccc2c2ccccc21. The number of thiophene rings is 1. The number of nitrogens with zero attached hydrogens (tertiary/aromatic N) is 6. The molecule has 5 heterocycles. The molecule has 0 aliphatic rings. The molecule has 0 fully saturated rings. The first kappa shape index (κ1) is 47.2. The molecule has 0 spiro atoms. The van der Waals surface area contributed by atoms with Crippen LogP contribution in [0.15, 0.2) is 267 Å². The second-order valence-electron chi connectivity index (χ2n) is 22.0. The summed E-state index contributed by atoms with van der Waals surface area (Å²) in [5.41, 5.74) is 15.2. The van der Waals surface area contributed by atoms with Gasteiger partial charge in [-0.1, -0.05) is 218 Å². The monoisotopic (exact) mass is 1100 g/mol. The lowest BCUT2D eigenvalue weighted by Crippen LogP contribution is -2.14. The Balaban J connectivity index is 1.13. The second-order valence-corrected chi connectivity index (χ2v) is 23.1. The smallest absolute Gasteiger partial charge is 0.237 e. The first-order chi connectivity index (χ1) is 42.2. The number of benzene rings is 13. The van der Waals surface area contributed by atoms with Gasteiger partial charge in [-0.2, -0.15) is 5.26 Å². The molecule has 0 saturated heterocycles. The van der Waals surface area contributed by atoms with Gasteiger partial charge in [-0.15, -0.1) is 11.3 Å². The average molecular weight is 1100 g/mol. The Morgan fingerprint density at radius 2 is 0.753 bits per heavy atom. The molecule has 392 valence electrons. The van der Waals surface area contributed by atoms with Gasteiger partial charge in [0.1, 0.15) is 6.07 Å². The molecule has 0 saturated carbocycles. The van der Waals surface area contributed by atoms with E-state index in [0.29, 0.717) is 28.3 Å². The van der Waals surface area contributed by atoms with Crippen LogP contribution in [0.5, 0.6) is 0 Å². The molecule has 85 heavy (non-hydrogen) atoms. The number of nitriles is 1. The van der Waals surface area contributed by atoms with Crippen LogP contribution in [0, 0.1) is 17.9 Å². The van der Waals surface area contributed by atoms with Gasteiger partial charge in [-0.3, -0.25) is 0 Å². The summed E-state index contributed by atoms with van der Waals surface area (Å²) in [6.07, 6.45) is 0. The standard InChI is InChI=1S/C78H44N6S/c1-80-72-73(81-64-34-13-6-26-53(64)54-27-7-14-35-65(54)81)63(46-79)74(82-66-36-15-8-28-55(66)56-29-9-16-37-67(56)82)77(76(72)83-68-38-17-10-30-57(68)58-31-11-18-39-69(58)83)84-70-45-48(50-24-4-5-25-51(50)52-33-20-22-47-21-2-3-23-49(47)52)41-42-59(70)61-43-44-62-60-32-12-19-40-71(60)85-78(62)75(61)84/h2-45H. The van der Waals surface area contributed by atoms with Crippen LogP contribution < -0.4 is 0 Å². The molecule has 0 amide bonds. The third-order valence-electron chi connectivity index (χ3n) is 17.8. The van der Waals surface area contributed by atoms with Crippen molar-refractivity contribution >= 4 is 135 Å². The van der Waals surface area contributed by atoms with Gasteiger partial charge in [0, 0.05) is 58.6 Å². The lowest BCUT2D eigenvalue weighted by molar-refractivity contribution is 1.04. The third kappa shape index (κ3) is 6.50. The minimum absolute atomic E-state index is 0.352. The zero-order valence-electron chi connectivity index (χ0n) is 45.5. The molecule has 18 aromatic rings. The summed E-state index contributed by atoms with van der Waals surface area (Å²) in [6.45, 7) is 9.98. The number of fused-ring (bicyclic) bond motifs is 17. The molecule has 0 unspecified atom stereocenters. The third-order valence-corrected chi connectivity index (χ3v) is 19.0. The molecule has 0 atom stereocenters. The van der Waals surface area contributed by atoms with E-state index in [1.807, 2.05) is 0 Å². The highest BCUT2D eigenvalue weighted by atomic mass is 32.1. The summed E-state index contributed by atoms with van der Waals surface area (Å²) in [7, 11) is 0. The summed E-state index contributed by atoms with van der Waals surface area (Å²) in [5, 5.41) is 25.9. The van der Waals surface area contributed by atoms with Crippen molar-refractivity contribution in [3.8, 4) is 51.1 Å². The molecule has 0 radical (unpaired) electrons. The molecule has 13 aromatic carbocycles. The molecular weight excluding hydrogens is 1050 g/mol. The van der Waals surface area contributed by atoms with Crippen LogP contribution in [0.2, 0.25) is 0 Å². The topological polar surface area (TPSA) is 47.9 Å². The van der Waals surface area contributed by atoms with Crippen LogP contribution in [0.1, 0.15) is 5.56 Å². The summed E-state index contributed by atoms with van der Waals surface area (Å²) in [4.78, 5) is 4.87.